The Labute approximate surface area is 130 Å². The molecule has 1 aliphatic heterocycles. The molecule has 3 nitrogen and oxygen atoms in total. The summed E-state index contributed by atoms with van der Waals surface area (Å²) in [6.45, 7) is 0.684. The first-order valence-electron chi connectivity index (χ1n) is 6.17. The van der Waals surface area contributed by atoms with Gasteiger partial charge in [-0.05, 0) is 29.7 Å². The number of hydrogen-bond acceptors (Lipinski definition) is 3. The lowest BCUT2D eigenvalue weighted by molar-refractivity contribution is 0.0946. The molecule has 0 aliphatic carbocycles. The molecule has 1 amide bonds. The van der Waals surface area contributed by atoms with E-state index in [-0.39, 0.29) is 11.9 Å². The third-order valence-corrected chi connectivity index (χ3v) is 4.95. The Bertz CT molecular complexity index is 684. The second-order valence-corrected chi connectivity index (χ2v) is 6.97. The molecule has 0 bridgehead atoms. The van der Waals surface area contributed by atoms with E-state index in [1.807, 2.05) is 18.2 Å². The van der Waals surface area contributed by atoms with Gasteiger partial charge in [-0.25, -0.2) is 0 Å². The fraction of sp³-hybridized carbons (Fsp3) is 0.214. The van der Waals surface area contributed by atoms with Gasteiger partial charge in [0.15, 0.2) is 0 Å². The highest BCUT2D eigenvalue weighted by atomic mass is 35.5. The Morgan fingerprint density at radius 1 is 1.30 bits per heavy atom. The van der Waals surface area contributed by atoms with Crippen LogP contribution in [0.3, 0.4) is 0 Å². The number of halogens is 2. The van der Waals surface area contributed by atoms with Crippen LogP contribution >= 0.6 is 34.5 Å². The number of nitrogens with one attached hydrogen (secondary N) is 1. The lowest BCUT2D eigenvalue weighted by Gasteiger charge is -2.19. The highest BCUT2D eigenvalue weighted by molar-refractivity contribution is 7.20. The number of benzene rings is 1. The van der Waals surface area contributed by atoms with E-state index in [1.54, 1.807) is 6.07 Å². The van der Waals surface area contributed by atoms with Gasteiger partial charge in [0, 0.05) is 17.7 Å². The van der Waals surface area contributed by atoms with E-state index >= 15 is 0 Å². The van der Waals surface area contributed by atoms with Crippen LogP contribution in [0.2, 0.25) is 8.67 Å². The van der Waals surface area contributed by atoms with Crippen molar-refractivity contribution in [2.24, 2.45) is 5.73 Å². The second-order valence-electron chi connectivity index (χ2n) is 4.68. The van der Waals surface area contributed by atoms with Crippen molar-refractivity contribution in [3.8, 4) is 0 Å². The predicted molar refractivity (Wildman–Crippen MR) is 82.8 cm³/mol. The van der Waals surface area contributed by atoms with Gasteiger partial charge in [0.05, 0.1) is 14.7 Å². The maximum atomic E-state index is 11.9. The normalized spacial score (nSPS) is 15.7. The topological polar surface area (TPSA) is 55.1 Å². The van der Waals surface area contributed by atoms with Crippen molar-refractivity contribution in [1.29, 1.82) is 0 Å². The van der Waals surface area contributed by atoms with E-state index in [0.717, 1.165) is 23.1 Å². The summed E-state index contributed by atoms with van der Waals surface area (Å²) in [5.74, 6) is -0.0465. The Kier molecular flexibility index (Phi) is 3.73. The summed E-state index contributed by atoms with van der Waals surface area (Å²) in [6, 6.07) is 7.15. The van der Waals surface area contributed by atoms with Crippen molar-refractivity contribution in [3.63, 3.8) is 0 Å². The van der Waals surface area contributed by atoms with Crippen LogP contribution in [0, 0.1) is 0 Å². The lowest BCUT2D eigenvalue weighted by atomic mass is 9.94. The van der Waals surface area contributed by atoms with E-state index in [9.17, 15) is 4.79 Å². The number of nitrogens with two attached hydrogens (primary N) is 1. The van der Waals surface area contributed by atoms with Gasteiger partial charge in [-0.3, -0.25) is 4.79 Å². The van der Waals surface area contributed by atoms with E-state index in [1.165, 1.54) is 11.3 Å². The molecule has 1 aliphatic rings. The number of hydrogen-bond donors (Lipinski definition) is 2. The summed E-state index contributed by atoms with van der Waals surface area (Å²) in [4.78, 5) is 11.9. The van der Waals surface area contributed by atoms with Gasteiger partial charge in [-0.15, -0.1) is 11.3 Å². The van der Waals surface area contributed by atoms with Crippen molar-refractivity contribution >= 4 is 40.4 Å². The molecule has 6 heteroatoms. The van der Waals surface area contributed by atoms with Crippen molar-refractivity contribution in [2.45, 2.75) is 12.5 Å². The Morgan fingerprint density at radius 3 is 2.80 bits per heavy atom. The fourth-order valence-corrected chi connectivity index (χ4v) is 3.92. The maximum Gasteiger partial charge on any atom is 0.251 e. The van der Waals surface area contributed by atoms with Crippen LogP contribution in [-0.2, 0) is 6.42 Å². The van der Waals surface area contributed by atoms with Gasteiger partial charge >= 0.3 is 0 Å². The quantitative estimate of drug-likeness (QED) is 0.888. The van der Waals surface area contributed by atoms with Gasteiger partial charge in [-0.1, -0.05) is 35.3 Å². The number of carbonyl (C=O) groups is 1. The molecule has 0 fully saturated rings. The Morgan fingerprint density at radius 2 is 2.10 bits per heavy atom. The van der Waals surface area contributed by atoms with Crippen LogP contribution in [0.5, 0.6) is 0 Å². The van der Waals surface area contributed by atoms with Crippen LogP contribution in [0.4, 0.5) is 0 Å². The molecule has 0 spiro atoms. The first-order valence-corrected chi connectivity index (χ1v) is 7.75. The lowest BCUT2D eigenvalue weighted by Crippen LogP contribution is -2.32. The summed E-state index contributed by atoms with van der Waals surface area (Å²) in [5.41, 5.74) is 9.64. The summed E-state index contributed by atoms with van der Waals surface area (Å²) in [7, 11) is 0. The zero-order valence-corrected chi connectivity index (χ0v) is 12.8. The summed E-state index contributed by atoms with van der Waals surface area (Å²) in [5, 5.41) is 2.83. The minimum absolute atomic E-state index is 0.0465. The average Bonchev–Trinajstić information content (AvgIpc) is 2.77. The molecule has 1 atom stereocenters. The van der Waals surface area contributed by atoms with Crippen molar-refractivity contribution in [2.75, 3.05) is 6.54 Å². The van der Waals surface area contributed by atoms with E-state index in [2.05, 4.69) is 5.32 Å². The monoisotopic (exact) mass is 326 g/mol. The van der Waals surface area contributed by atoms with Crippen molar-refractivity contribution in [1.82, 2.24) is 5.32 Å². The maximum absolute atomic E-state index is 11.9. The predicted octanol–water partition coefficient (Wildman–Crippen LogP) is 3.39. The molecule has 0 saturated heterocycles. The second kappa shape index (κ2) is 5.37. The Balaban J connectivity index is 2.00. The van der Waals surface area contributed by atoms with Gasteiger partial charge < -0.3 is 11.1 Å². The minimum atomic E-state index is -0.383. The standard InChI is InChI=1S/C14H12Cl2N2OS/c15-11-6-10(13(16)20-11)12(17)8-2-1-7-3-4-18-14(19)9(7)5-8/h1-2,5-6,12H,3-4,17H2,(H,18,19). The molecule has 2 heterocycles. The third kappa shape index (κ3) is 2.44. The number of amides is 1. The van der Waals surface area contributed by atoms with Gasteiger partial charge in [0.25, 0.3) is 5.91 Å². The highest BCUT2D eigenvalue weighted by Gasteiger charge is 2.20. The largest absolute Gasteiger partial charge is 0.352 e. The molecular formula is C14H12Cl2N2OS. The molecule has 2 aromatic rings. The zero-order chi connectivity index (χ0) is 14.3. The van der Waals surface area contributed by atoms with Crippen LogP contribution < -0.4 is 11.1 Å². The van der Waals surface area contributed by atoms with E-state index < -0.39 is 0 Å². The van der Waals surface area contributed by atoms with Crippen LogP contribution in [0.25, 0.3) is 0 Å². The molecule has 1 aromatic heterocycles. The number of thiophene rings is 1. The van der Waals surface area contributed by atoms with E-state index in [0.29, 0.717) is 20.8 Å². The molecule has 3 rings (SSSR count). The SMILES string of the molecule is NC(c1ccc2c(c1)C(=O)NCC2)c1cc(Cl)sc1Cl. The zero-order valence-electron chi connectivity index (χ0n) is 10.5. The smallest absolute Gasteiger partial charge is 0.251 e. The van der Waals surface area contributed by atoms with Crippen molar-refractivity contribution in [3.05, 3.63) is 55.2 Å². The molecule has 3 N–H and O–H groups in total. The number of rotatable bonds is 2. The molecule has 104 valence electrons. The summed E-state index contributed by atoms with van der Waals surface area (Å²) >= 11 is 13.4. The van der Waals surface area contributed by atoms with Crippen molar-refractivity contribution < 1.29 is 4.79 Å². The van der Waals surface area contributed by atoms with Gasteiger partial charge in [0.2, 0.25) is 0 Å². The minimum Gasteiger partial charge on any atom is -0.352 e. The van der Waals surface area contributed by atoms with Gasteiger partial charge in [0.1, 0.15) is 0 Å². The fourth-order valence-electron chi connectivity index (χ4n) is 2.37. The molecule has 1 unspecified atom stereocenters. The molecular weight excluding hydrogens is 315 g/mol. The van der Waals surface area contributed by atoms with Crippen LogP contribution in [-0.4, -0.2) is 12.5 Å². The molecule has 1 aromatic carbocycles. The Hall–Kier alpha value is -1.07. The average molecular weight is 327 g/mol. The van der Waals surface area contributed by atoms with Crippen LogP contribution in [0.1, 0.15) is 33.1 Å². The third-order valence-electron chi connectivity index (χ3n) is 3.44. The molecule has 0 radical (unpaired) electrons. The molecule has 20 heavy (non-hydrogen) atoms. The molecule has 0 saturated carbocycles. The van der Waals surface area contributed by atoms with Crippen LogP contribution in [0.15, 0.2) is 24.3 Å². The number of fused-ring (bicyclic) bond motifs is 1. The summed E-state index contributed by atoms with van der Waals surface area (Å²) < 4.78 is 1.20. The summed E-state index contributed by atoms with van der Waals surface area (Å²) in [6.07, 6.45) is 0.849. The van der Waals surface area contributed by atoms with E-state index in [4.69, 9.17) is 28.9 Å². The highest BCUT2D eigenvalue weighted by Crippen LogP contribution is 2.36. The first kappa shape index (κ1) is 13.9. The van der Waals surface area contributed by atoms with Gasteiger partial charge in [-0.2, -0.15) is 0 Å². The first-order chi connectivity index (χ1) is 9.56. The number of carbonyl (C=O) groups excluding carboxylic acids is 1.